The third-order valence-corrected chi connectivity index (χ3v) is 6.89. The van der Waals surface area contributed by atoms with Crippen molar-refractivity contribution in [1.29, 1.82) is 5.26 Å². The van der Waals surface area contributed by atoms with E-state index in [4.69, 9.17) is 4.42 Å². The van der Waals surface area contributed by atoms with Crippen molar-refractivity contribution in [3.63, 3.8) is 0 Å². The molecule has 0 aliphatic rings. The Morgan fingerprint density at radius 2 is 1.72 bits per heavy atom. The van der Waals surface area contributed by atoms with Crippen molar-refractivity contribution < 1.29 is 9.21 Å². The Morgan fingerprint density at radius 1 is 1.06 bits per heavy atom. The molecular formula is C29H27N3O3S. The van der Waals surface area contributed by atoms with Gasteiger partial charge in [-0.15, -0.1) is 11.3 Å². The summed E-state index contributed by atoms with van der Waals surface area (Å²) < 4.78 is 7.67. The summed E-state index contributed by atoms with van der Waals surface area (Å²) in [7, 11) is 2.00. The highest BCUT2D eigenvalue weighted by atomic mass is 32.1. The van der Waals surface area contributed by atoms with E-state index in [-0.39, 0.29) is 23.5 Å². The number of carbonyl (C=O) groups is 1. The van der Waals surface area contributed by atoms with Crippen LogP contribution in [-0.2, 0) is 11.3 Å². The molecule has 0 saturated heterocycles. The average molecular weight is 498 g/mol. The van der Waals surface area contributed by atoms with Gasteiger partial charge in [0.1, 0.15) is 22.1 Å². The molecule has 0 unspecified atom stereocenters. The predicted molar refractivity (Wildman–Crippen MR) is 144 cm³/mol. The molecule has 0 saturated carbocycles. The predicted octanol–water partition coefficient (Wildman–Crippen LogP) is 4.44. The minimum Gasteiger partial charge on any atom is -0.467 e. The number of thiazole rings is 1. The fraction of sp³-hybridized carbons (Fsp3) is 0.207. The van der Waals surface area contributed by atoms with Crippen LogP contribution in [0, 0.1) is 16.7 Å². The maximum Gasteiger partial charge on any atom is 0.269 e. The first-order valence-electron chi connectivity index (χ1n) is 11.5. The molecule has 0 atom stereocenters. The monoisotopic (exact) mass is 497 g/mol. The molecule has 0 spiro atoms. The number of ketones is 1. The molecule has 0 fully saturated rings. The maximum atomic E-state index is 13.4. The van der Waals surface area contributed by atoms with Crippen LogP contribution in [0.25, 0.3) is 11.6 Å². The fourth-order valence-corrected chi connectivity index (χ4v) is 4.82. The SMILES string of the molecule is CN(c1ccccc1)c1ccc(/C=c2/s/c(=C(\C#N)C(=O)C(C)(C)C)n(Cc3ccco3)c2=O)cc1. The van der Waals surface area contributed by atoms with Crippen LogP contribution < -0.4 is 19.7 Å². The Balaban J connectivity index is 1.81. The summed E-state index contributed by atoms with van der Waals surface area (Å²) in [6, 6.07) is 23.5. The van der Waals surface area contributed by atoms with Gasteiger partial charge in [-0.1, -0.05) is 51.1 Å². The van der Waals surface area contributed by atoms with Gasteiger partial charge in [0.15, 0.2) is 5.78 Å². The van der Waals surface area contributed by atoms with Gasteiger partial charge in [0, 0.05) is 23.8 Å². The Bertz CT molecular complexity index is 1580. The molecule has 2 heterocycles. The molecule has 7 heteroatoms. The largest absolute Gasteiger partial charge is 0.467 e. The molecule has 0 radical (unpaired) electrons. The van der Waals surface area contributed by atoms with E-state index in [1.165, 1.54) is 10.8 Å². The van der Waals surface area contributed by atoms with Crippen molar-refractivity contribution in [1.82, 2.24) is 4.57 Å². The second kappa shape index (κ2) is 10.2. The summed E-state index contributed by atoms with van der Waals surface area (Å²) in [5.74, 6) is 0.260. The van der Waals surface area contributed by atoms with Crippen LogP contribution in [0.5, 0.6) is 0 Å². The zero-order valence-electron chi connectivity index (χ0n) is 20.7. The minimum atomic E-state index is -0.759. The number of nitriles is 1. The summed E-state index contributed by atoms with van der Waals surface area (Å²) in [6.07, 6.45) is 3.32. The normalized spacial score (nSPS) is 12.8. The number of carbonyl (C=O) groups excluding carboxylic acids is 1. The Morgan fingerprint density at radius 3 is 2.31 bits per heavy atom. The van der Waals surface area contributed by atoms with Crippen LogP contribution in [0.4, 0.5) is 11.4 Å². The minimum absolute atomic E-state index is 0.0179. The lowest BCUT2D eigenvalue weighted by atomic mass is 9.87. The fourth-order valence-electron chi connectivity index (χ4n) is 3.72. The maximum absolute atomic E-state index is 13.4. The van der Waals surface area contributed by atoms with Crippen molar-refractivity contribution in [3.05, 3.63) is 104 Å². The van der Waals surface area contributed by atoms with E-state index in [1.807, 2.05) is 61.6 Å². The second-order valence-electron chi connectivity index (χ2n) is 9.44. The summed E-state index contributed by atoms with van der Waals surface area (Å²) in [6.45, 7) is 5.41. The Labute approximate surface area is 213 Å². The lowest BCUT2D eigenvalue weighted by Crippen LogP contribution is -2.34. The van der Waals surface area contributed by atoms with Gasteiger partial charge in [0.2, 0.25) is 0 Å². The highest BCUT2D eigenvalue weighted by Gasteiger charge is 2.27. The van der Waals surface area contributed by atoms with E-state index in [0.717, 1.165) is 28.3 Å². The molecule has 2 aromatic carbocycles. The van der Waals surface area contributed by atoms with E-state index >= 15 is 0 Å². The van der Waals surface area contributed by atoms with Crippen molar-refractivity contribution >= 4 is 40.1 Å². The topological polar surface area (TPSA) is 79.2 Å². The molecule has 0 amide bonds. The number of Topliss-reactive ketones (excluding diaryl/α,β-unsaturated/α-hetero) is 1. The van der Waals surface area contributed by atoms with Crippen molar-refractivity contribution in [2.75, 3.05) is 11.9 Å². The van der Waals surface area contributed by atoms with Crippen LogP contribution in [0.2, 0.25) is 0 Å². The summed E-state index contributed by atoms with van der Waals surface area (Å²) in [5.41, 5.74) is 1.88. The summed E-state index contributed by atoms with van der Waals surface area (Å²) in [5, 5.41) is 9.88. The van der Waals surface area contributed by atoms with E-state index in [2.05, 4.69) is 11.0 Å². The third kappa shape index (κ3) is 5.24. The Kier molecular flexibility index (Phi) is 7.09. The molecule has 0 aliphatic carbocycles. The lowest BCUT2D eigenvalue weighted by molar-refractivity contribution is -0.120. The molecule has 2 aromatic heterocycles. The summed E-state index contributed by atoms with van der Waals surface area (Å²) >= 11 is 1.15. The van der Waals surface area contributed by atoms with Gasteiger partial charge in [-0.05, 0) is 48.0 Å². The quantitative estimate of drug-likeness (QED) is 0.394. The average Bonchev–Trinajstić information content (AvgIpc) is 3.49. The summed E-state index contributed by atoms with van der Waals surface area (Å²) in [4.78, 5) is 28.6. The zero-order chi connectivity index (χ0) is 25.9. The first-order chi connectivity index (χ1) is 17.2. The first kappa shape index (κ1) is 25.0. The number of nitrogens with zero attached hydrogens (tertiary/aromatic N) is 3. The smallest absolute Gasteiger partial charge is 0.269 e. The number of aromatic nitrogens is 1. The lowest BCUT2D eigenvalue weighted by Gasteiger charge is -2.19. The molecule has 182 valence electrons. The Hall–Kier alpha value is -4.15. The van der Waals surface area contributed by atoms with Gasteiger partial charge in [0.25, 0.3) is 5.56 Å². The highest BCUT2D eigenvalue weighted by Crippen LogP contribution is 2.23. The number of furan rings is 1. The van der Waals surface area contributed by atoms with Crippen molar-refractivity contribution in [2.24, 2.45) is 5.41 Å². The van der Waals surface area contributed by atoms with Crippen LogP contribution >= 0.6 is 11.3 Å². The van der Waals surface area contributed by atoms with Crippen LogP contribution in [-0.4, -0.2) is 17.4 Å². The molecule has 0 aliphatic heterocycles. The number of anilines is 2. The molecule has 0 N–H and O–H groups in total. The number of rotatable bonds is 6. The van der Waals surface area contributed by atoms with E-state index in [1.54, 1.807) is 39.0 Å². The molecule has 4 rings (SSSR count). The van der Waals surface area contributed by atoms with Crippen LogP contribution in [0.3, 0.4) is 0 Å². The molecule has 0 bridgehead atoms. The highest BCUT2D eigenvalue weighted by molar-refractivity contribution is 7.07. The van der Waals surface area contributed by atoms with E-state index < -0.39 is 5.41 Å². The number of hydrogen-bond donors (Lipinski definition) is 0. The van der Waals surface area contributed by atoms with Crippen LogP contribution in [0.15, 0.2) is 82.2 Å². The third-order valence-electron chi connectivity index (χ3n) is 5.76. The standard InChI is InChI=1S/C29H27N3O3S/c1-29(2,3)26(33)24(18-30)28-32(19-23-11-8-16-35-23)27(34)25(36-28)17-20-12-14-22(15-13-20)31(4)21-9-6-5-7-10-21/h5-17H,19H2,1-4H3/b25-17+,28-24+. The van der Waals surface area contributed by atoms with Gasteiger partial charge in [-0.2, -0.15) is 5.26 Å². The second-order valence-corrected chi connectivity index (χ2v) is 10.5. The number of hydrogen-bond acceptors (Lipinski definition) is 6. The molecular weight excluding hydrogens is 470 g/mol. The van der Waals surface area contributed by atoms with Gasteiger partial charge < -0.3 is 9.32 Å². The van der Waals surface area contributed by atoms with Crippen molar-refractivity contribution in [3.8, 4) is 6.07 Å². The number of benzene rings is 2. The van der Waals surface area contributed by atoms with Crippen molar-refractivity contribution in [2.45, 2.75) is 27.3 Å². The van der Waals surface area contributed by atoms with Gasteiger partial charge in [0.05, 0.1) is 17.3 Å². The molecule has 6 nitrogen and oxygen atoms in total. The first-order valence-corrected chi connectivity index (χ1v) is 12.3. The van der Waals surface area contributed by atoms with E-state index in [9.17, 15) is 14.9 Å². The molecule has 36 heavy (non-hydrogen) atoms. The van der Waals surface area contributed by atoms with E-state index in [0.29, 0.717) is 15.0 Å². The molecule has 4 aromatic rings. The number of para-hydroxylation sites is 1. The van der Waals surface area contributed by atoms with Gasteiger partial charge >= 0.3 is 0 Å². The van der Waals surface area contributed by atoms with Gasteiger partial charge in [-0.25, -0.2) is 0 Å². The van der Waals surface area contributed by atoms with Crippen LogP contribution in [0.1, 0.15) is 32.1 Å². The zero-order valence-corrected chi connectivity index (χ0v) is 21.5. The van der Waals surface area contributed by atoms with Gasteiger partial charge in [-0.3, -0.25) is 14.2 Å².